The van der Waals surface area contributed by atoms with E-state index in [1.54, 1.807) is 7.11 Å². The first-order chi connectivity index (χ1) is 13.2. The summed E-state index contributed by atoms with van der Waals surface area (Å²) < 4.78 is 12.6. The van der Waals surface area contributed by atoms with Crippen LogP contribution in [-0.4, -0.2) is 13.7 Å². The Morgan fingerprint density at radius 3 is 2.56 bits per heavy atom. The number of benzene rings is 2. The SMILES string of the molecule is CCCCCCCNCc1cc(Br)c(OCc2ccccc2C)c(OC)c1. The van der Waals surface area contributed by atoms with Gasteiger partial charge in [-0.25, -0.2) is 0 Å². The molecule has 0 aromatic heterocycles. The quantitative estimate of drug-likeness (QED) is 0.392. The second-order valence-corrected chi connectivity index (χ2v) is 7.77. The van der Waals surface area contributed by atoms with E-state index in [1.807, 2.05) is 12.1 Å². The Morgan fingerprint density at radius 2 is 1.81 bits per heavy atom. The third-order valence-corrected chi connectivity index (χ3v) is 5.30. The van der Waals surface area contributed by atoms with Gasteiger partial charge < -0.3 is 14.8 Å². The van der Waals surface area contributed by atoms with E-state index in [2.05, 4.69) is 59.4 Å². The van der Waals surface area contributed by atoms with Crippen LogP contribution in [0.2, 0.25) is 0 Å². The zero-order chi connectivity index (χ0) is 19.5. The molecule has 0 aliphatic carbocycles. The van der Waals surface area contributed by atoms with Crippen LogP contribution < -0.4 is 14.8 Å². The van der Waals surface area contributed by atoms with E-state index in [0.29, 0.717) is 6.61 Å². The van der Waals surface area contributed by atoms with Crippen LogP contribution in [0.1, 0.15) is 55.7 Å². The summed E-state index contributed by atoms with van der Waals surface area (Å²) in [7, 11) is 1.69. The Morgan fingerprint density at radius 1 is 1.04 bits per heavy atom. The summed E-state index contributed by atoms with van der Waals surface area (Å²) in [5.41, 5.74) is 3.60. The van der Waals surface area contributed by atoms with Gasteiger partial charge in [0.2, 0.25) is 0 Å². The first-order valence-corrected chi connectivity index (χ1v) is 10.7. The Kier molecular flexibility index (Phi) is 9.71. The minimum atomic E-state index is 0.525. The van der Waals surface area contributed by atoms with Crippen molar-refractivity contribution in [1.82, 2.24) is 5.32 Å². The van der Waals surface area contributed by atoms with E-state index in [4.69, 9.17) is 9.47 Å². The lowest BCUT2D eigenvalue weighted by molar-refractivity contribution is 0.281. The largest absolute Gasteiger partial charge is 0.493 e. The molecule has 0 unspecified atom stereocenters. The first kappa shape index (κ1) is 21.8. The molecule has 0 aliphatic heterocycles. The maximum absolute atomic E-state index is 6.07. The number of methoxy groups -OCH3 is 1. The average Bonchev–Trinajstić information content (AvgIpc) is 2.67. The van der Waals surface area contributed by atoms with Crippen LogP contribution in [0.15, 0.2) is 40.9 Å². The standard InChI is InChI=1S/C23H32BrNO2/c1-4-5-6-7-10-13-25-16-19-14-21(24)23(22(15-19)26-3)27-17-20-12-9-8-11-18(20)2/h8-9,11-12,14-15,25H,4-7,10,13,16-17H2,1-3H3. The molecule has 2 rings (SSSR count). The fourth-order valence-electron chi connectivity index (χ4n) is 3.02. The molecule has 0 fully saturated rings. The normalized spacial score (nSPS) is 10.8. The third-order valence-electron chi connectivity index (χ3n) is 4.71. The summed E-state index contributed by atoms with van der Waals surface area (Å²) in [5, 5.41) is 3.52. The van der Waals surface area contributed by atoms with Crippen LogP contribution >= 0.6 is 15.9 Å². The number of aryl methyl sites for hydroxylation is 1. The van der Waals surface area contributed by atoms with Gasteiger partial charge in [0.05, 0.1) is 11.6 Å². The summed E-state index contributed by atoms with van der Waals surface area (Å²) >= 11 is 3.65. The van der Waals surface area contributed by atoms with Crippen molar-refractivity contribution in [2.75, 3.05) is 13.7 Å². The highest BCUT2D eigenvalue weighted by atomic mass is 79.9. The molecular weight excluding hydrogens is 402 g/mol. The van der Waals surface area contributed by atoms with Gasteiger partial charge >= 0.3 is 0 Å². The fourth-order valence-corrected chi connectivity index (χ4v) is 3.63. The summed E-state index contributed by atoms with van der Waals surface area (Å²) in [4.78, 5) is 0. The molecule has 0 spiro atoms. The minimum Gasteiger partial charge on any atom is -0.493 e. The number of nitrogens with one attached hydrogen (secondary N) is 1. The molecule has 0 amide bonds. The van der Waals surface area contributed by atoms with Crippen LogP contribution in [0.5, 0.6) is 11.5 Å². The van der Waals surface area contributed by atoms with Gasteiger partial charge in [0, 0.05) is 6.54 Å². The van der Waals surface area contributed by atoms with Gasteiger partial charge in [-0.2, -0.15) is 0 Å². The molecule has 3 nitrogen and oxygen atoms in total. The van der Waals surface area contributed by atoms with Gasteiger partial charge in [0.1, 0.15) is 6.61 Å². The Labute approximate surface area is 172 Å². The van der Waals surface area contributed by atoms with Crippen molar-refractivity contribution in [1.29, 1.82) is 0 Å². The second kappa shape index (κ2) is 12.0. The predicted molar refractivity (Wildman–Crippen MR) is 117 cm³/mol. The monoisotopic (exact) mass is 433 g/mol. The summed E-state index contributed by atoms with van der Waals surface area (Å²) in [6, 6.07) is 12.4. The molecule has 0 aliphatic rings. The maximum Gasteiger partial charge on any atom is 0.175 e. The molecule has 4 heteroatoms. The second-order valence-electron chi connectivity index (χ2n) is 6.92. The zero-order valence-corrected chi connectivity index (χ0v) is 18.4. The number of ether oxygens (including phenoxy) is 2. The Bertz CT molecular complexity index is 703. The smallest absolute Gasteiger partial charge is 0.175 e. The summed E-state index contributed by atoms with van der Waals surface area (Å²) in [5.74, 6) is 1.52. The van der Waals surface area contributed by atoms with Crippen molar-refractivity contribution in [3.8, 4) is 11.5 Å². The minimum absolute atomic E-state index is 0.525. The molecule has 0 bridgehead atoms. The van der Waals surface area contributed by atoms with E-state index in [-0.39, 0.29) is 0 Å². The third kappa shape index (κ3) is 7.19. The number of unbranched alkanes of at least 4 members (excludes halogenated alkanes) is 4. The number of hydrogen-bond acceptors (Lipinski definition) is 3. The lowest BCUT2D eigenvalue weighted by atomic mass is 10.1. The van der Waals surface area contributed by atoms with Gasteiger partial charge in [0.25, 0.3) is 0 Å². The van der Waals surface area contributed by atoms with Crippen LogP contribution in [-0.2, 0) is 13.2 Å². The summed E-state index contributed by atoms with van der Waals surface area (Å²) in [6.45, 7) is 6.76. The van der Waals surface area contributed by atoms with Crippen LogP contribution in [0.4, 0.5) is 0 Å². The molecule has 0 saturated carbocycles. The van der Waals surface area contributed by atoms with E-state index < -0.39 is 0 Å². The predicted octanol–water partition coefficient (Wildman–Crippen LogP) is 6.41. The van der Waals surface area contributed by atoms with Gasteiger partial charge in [-0.15, -0.1) is 0 Å². The zero-order valence-electron chi connectivity index (χ0n) is 16.8. The molecule has 27 heavy (non-hydrogen) atoms. The molecule has 148 valence electrons. The van der Waals surface area contributed by atoms with Crippen molar-refractivity contribution >= 4 is 15.9 Å². The van der Waals surface area contributed by atoms with Crippen molar-refractivity contribution in [2.45, 2.75) is 59.1 Å². The van der Waals surface area contributed by atoms with E-state index >= 15 is 0 Å². The highest BCUT2D eigenvalue weighted by molar-refractivity contribution is 9.10. The molecule has 2 aromatic rings. The lowest BCUT2D eigenvalue weighted by Gasteiger charge is -2.15. The molecule has 0 heterocycles. The van der Waals surface area contributed by atoms with Crippen molar-refractivity contribution < 1.29 is 9.47 Å². The molecule has 0 radical (unpaired) electrons. The molecule has 0 saturated heterocycles. The molecule has 2 aromatic carbocycles. The Hall–Kier alpha value is -1.52. The molecule has 1 N–H and O–H groups in total. The highest BCUT2D eigenvalue weighted by Gasteiger charge is 2.12. The molecular formula is C23H32BrNO2. The van der Waals surface area contributed by atoms with E-state index in [9.17, 15) is 0 Å². The highest BCUT2D eigenvalue weighted by Crippen LogP contribution is 2.37. The van der Waals surface area contributed by atoms with Gasteiger partial charge in [0.15, 0.2) is 11.5 Å². The number of halogens is 1. The first-order valence-electron chi connectivity index (χ1n) is 9.90. The van der Waals surface area contributed by atoms with Crippen molar-refractivity contribution in [2.24, 2.45) is 0 Å². The van der Waals surface area contributed by atoms with Gasteiger partial charge in [-0.3, -0.25) is 0 Å². The Balaban J connectivity index is 1.91. The van der Waals surface area contributed by atoms with E-state index in [0.717, 1.165) is 29.1 Å². The van der Waals surface area contributed by atoms with Gasteiger partial charge in [-0.1, -0.05) is 56.9 Å². The van der Waals surface area contributed by atoms with Crippen LogP contribution in [0.3, 0.4) is 0 Å². The van der Waals surface area contributed by atoms with E-state index in [1.165, 1.54) is 48.8 Å². The fraction of sp³-hybridized carbons (Fsp3) is 0.478. The van der Waals surface area contributed by atoms with Crippen molar-refractivity contribution in [3.63, 3.8) is 0 Å². The number of rotatable bonds is 12. The maximum atomic E-state index is 6.07. The number of hydrogen-bond donors (Lipinski definition) is 1. The topological polar surface area (TPSA) is 30.5 Å². The molecule has 0 atom stereocenters. The van der Waals surface area contributed by atoms with Crippen LogP contribution in [0.25, 0.3) is 0 Å². The van der Waals surface area contributed by atoms with Crippen LogP contribution in [0, 0.1) is 6.92 Å². The van der Waals surface area contributed by atoms with Gasteiger partial charge in [-0.05, 0) is 64.6 Å². The lowest BCUT2D eigenvalue weighted by Crippen LogP contribution is -2.14. The average molecular weight is 434 g/mol. The summed E-state index contributed by atoms with van der Waals surface area (Å²) in [6.07, 6.45) is 6.51. The van der Waals surface area contributed by atoms with Crippen molar-refractivity contribution in [3.05, 3.63) is 57.6 Å².